The minimum absolute atomic E-state index is 0.00819. The van der Waals surface area contributed by atoms with Crippen molar-refractivity contribution in [3.63, 3.8) is 0 Å². The molecule has 0 spiro atoms. The van der Waals surface area contributed by atoms with Crippen LogP contribution in [0.15, 0.2) is 30.3 Å². The third-order valence-corrected chi connectivity index (χ3v) is 3.24. The lowest BCUT2D eigenvalue weighted by Gasteiger charge is -2.10. The molecular formula is C15H18N4O2. The highest BCUT2D eigenvalue weighted by Crippen LogP contribution is 2.27. The first-order valence-electron chi connectivity index (χ1n) is 6.85. The second-order valence-corrected chi connectivity index (χ2v) is 4.97. The monoisotopic (exact) mass is 286 g/mol. The number of nitrogens with zero attached hydrogens (tertiary/aromatic N) is 3. The fourth-order valence-electron chi connectivity index (χ4n) is 2.09. The van der Waals surface area contributed by atoms with Gasteiger partial charge in [0, 0.05) is 29.9 Å². The molecule has 0 aliphatic carbocycles. The van der Waals surface area contributed by atoms with Gasteiger partial charge in [-0.2, -0.15) is 0 Å². The smallest absolute Gasteiger partial charge is 0.280 e. The number of para-hydroxylation sites is 1. The van der Waals surface area contributed by atoms with Crippen molar-refractivity contribution in [3.8, 4) is 11.4 Å². The van der Waals surface area contributed by atoms with E-state index in [-0.39, 0.29) is 11.7 Å². The Kier molecular flexibility index (Phi) is 4.59. The Balaban J connectivity index is 2.47. The molecule has 0 radical (unpaired) electrons. The summed E-state index contributed by atoms with van der Waals surface area (Å²) in [5.74, 6) is 0.376. The molecule has 2 rings (SSSR count). The molecule has 110 valence electrons. The first-order chi connectivity index (χ1) is 10.0. The maximum absolute atomic E-state index is 11.1. The van der Waals surface area contributed by atoms with Crippen molar-refractivity contribution in [3.05, 3.63) is 51.8 Å². The lowest BCUT2D eigenvalue weighted by molar-refractivity contribution is -0.384. The first kappa shape index (κ1) is 15.1. The van der Waals surface area contributed by atoms with Crippen LogP contribution in [0.3, 0.4) is 0 Å². The maximum atomic E-state index is 11.1. The number of nitro benzene ring substituents is 1. The second-order valence-electron chi connectivity index (χ2n) is 4.97. The molecule has 6 heteroatoms. The van der Waals surface area contributed by atoms with E-state index in [0.717, 1.165) is 17.8 Å². The normalized spacial score (nSPS) is 12.1. The van der Waals surface area contributed by atoms with E-state index in [2.05, 4.69) is 9.97 Å². The van der Waals surface area contributed by atoms with Crippen molar-refractivity contribution in [2.75, 3.05) is 0 Å². The van der Waals surface area contributed by atoms with Gasteiger partial charge in [-0.25, -0.2) is 9.97 Å². The summed E-state index contributed by atoms with van der Waals surface area (Å²) in [6, 6.07) is 8.39. The van der Waals surface area contributed by atoms with Crippen LogP contribution in [0, 0.1) is 17.0 Å². The molecule has 0 aliphatic rings. The highest BCUT2D eigenvalue weighted by Gasteiger charge is 2.17. The highest BCUT2D eigenvalue weighted by atomic mass is 16.6. The van der Waals surface area contributed by atoms with Crippen molar-refractivity contribution in [1.82, 2.24) is 9.97 Å². The largest absolute Gasteiger partial charge is 0.327 e. The van der Waals surface area contributed by atoms with Gasteiger partial charge in [-0.05, 0) is 25.5 Å². The minimum Gasteiger partial charge on any atom is -0.327 e. The van der Waals surface area contributed by atoms with Gasteiger partial charge in [0.1, 0.15) is 0 Å². The minimum atomic E-state index is -0.418. The van der Waals surface area contributed by atoms with Crippen LogP contribution in [0.25, 0.3) is 11.4 Å². The van der Waals surface area contributed by atoms with E-state index in [1.54, 1.807) is 18.2 Å². The Morgan fingerprint density at radius 3 is 2.71 bits per heavy atom. The zero-order valence-corrected chi connectivity index (χ0v) is 12.1. The van der Waals surface area contributed by atoms with Crippen LogP contribution in [0.2, 0.25) is 0 Å². The average Bonchev–Trinajstić information content (AvgIpc) is 2.46. The van der Waals surface area contributed by atoms with Crippen LogP contribution in [0.5, 0.6) is 0 Å². The van der Waals surface area contributed by atoms with Crippen LogP contribution in [0.4, 0.5) is 5.69 Å². The summed E-state index contributed by atoms with van der Waals surface area (Å²) in [6.07, 6.45) is 1.48. The van der Waals surface area contributed by atoms with E-state index in [4.69, 9.17) is 5.73 Å². The van der Waals surface area contributed by atoms with Crippen LogP contribution < -0.4 is 5.73 Å². The molecule has 2 N–H and O–H groups in total. The summed E-state index contributed by atoms with van der Waals surface area (Å²) in [4.78, 5) is 19.5. The van der Waals surface area contributed by atoms with Gasteiger partial charge in [0.25, 0.3) is 5.69 Å². The fourth-order valence-corrected chi connectivity index (χ4v) is 2.09. The quantitative estimate of drug-likeness (QED) is 0.673. The molecule has 0 saturated heterocycles. The zero-order valence-electron chi connectivity index (χ0n) is 12.1. The summed E-state index contributed by atoms with van der Waals surface area (Å²) in [6.45, 7) is 3.86. The van der Waals surface area contributed by atoms with E-state index in [1.165, 1.54) is 6.07 Å². The Labute approximate surface area is 123 Å². The van der Waals surface area contributed by atoms with Gasteiger partial charge in [-0.3, -0.25) is 10.1 Å². The lowest BCUT2D eigenvalue weighted by Crippen LogP contribution is -2.22. The number of aryl methyl sites for hydroxylation is 1. The molecule has 1 unspecified atom stereocenters. The average molecular weight is 286 g/mol. The maximum Gasteiger partial charge on any atom is 0.280 e. The highest BCUT2D eigenvalue weighted by molar-refractivity contribution is 5.67. The number of aromatic nitrogens is 2. The predicted molar refractivity (Wildman–Crippen MR) is 80.8 cm³/mol. The number of benzene rings is 1. The molecule has 0 bridgehead atoms. The molecule has 0 fully saturated rings. The fraction of sp³-hybridized carbons (Fsp3) is 0.333. The topological polar surface area (TPSA) is 94.9 Å². The molecule has 1 aromatic carbocycles. The Morgan fingerprint density at radius 2 is 2.05 bits per heavy atom. The molecule has 6 nitrogen and oxygen atoms in total. The van der Waals surface area contributed by atoms with E-state index < -0.39 is 4.92 Å². The summed E-state index contributed by atoms with van der Waals surface area (Å²) in [7, 11) is 0. The predicted octanol–water partition coefficient (Wildman–Crippen LogP) is 2.64. The lowest BCUT2D eigenvalue weighted by atomic mass is 10.1. The number of nitrogens with two attached hydrogens (primary N) is 1. The van der Waals surface area contributed by atoms with Gasteiger partial charge in [-0.15, -0.1) is 0 Å². The Morgan fingerprint density at radius 1 is 1.33 bits per heavy atom. The van der Waals surface area contributed by atoms with E-state index in [0.29, 0.717) is 17.8 Å². The summed E-state index contributed by atoms with van der Waals surface area (Å²) in [5.41, 5.74) is 7.97. The molecule has 21 heavy (non-hydrogen) atoms. The first-order valence-corrected chi connectivity index (χ1v) is 6.85. The van der Waals surface area contributed by atoms with E-state index in [1.807, 2.05) is 19.9 Å². The molecule has 1 atom stereocenters. The molecule has 1 aromatic heterocycles. The number of nitro groups is 1. The molecule has 0 amide bonds. The number of hydrogen-bond donors (Lipinski definition) is 1. The molecule has 0 saturated carbocycles. The van der Waals surface area contributed by atoms with Gasteiger partial charge in [0.15, 0.2) is 5.82 Å². The molecular weight excluding hydrogens is 268 g/mol. The van der Waals surface area contributed by atoms with Gasteiger partial charge >= 0.3 is 0 Å². The zero-order chi connectivity index (χ0) is 15.4. The van der Waals surface area contributed by atoms with Gasteiger partial charge in [-0.1, -0.05) is 19.1 Å². The van der Waals surface area contributed by atoms with Gasteiger partial charge in [0.2, 0.25) is 0 Å². The molecule has 2 aromatic rings. The summed E-state index contributed by atoms with van der Waals surface area (Å²) < 4.78 is 0. The third-order valence-electron chi connectivity index (χ3n) is 3.24. The van der Waals surface area contributed by atoms with Crippen LogP contribution in [-0.2, 0) is 6.42 Å². The van der Waals surface area contributed by atoms with Crippen molar-refractivity contribution in [2.45, 2.75) is 32.7 Å². The number of hydrogen-bond acceptors (Lipinski definition) is 5. The van der Waals surface area contributed by atoms with Crippen LogP contribution in [-0.4, -0.2) is 20.9 Å². The van der Waals surface area contributed by atoms with Crippen molar-refractivity contribution in [1.29, 1.82) is 0 Å². The number of rotatable bonds is 5. The summed E-state index contributed by atoms with van der Waals surface area (Å²) >= 11 is 0. The van der Waals surface area contributed by atoms with Crippen molar-refractivity contribution in [2.24, 2.45) is 5.73 Å². The van der Waals surface area contributed by atoms with Crippen molar-refractivity contribution < 1.29 is 4.92 Å². The van der Waals surface area contributed by atoms with Gasteiger partial charge < -0.3 is 5.73 Å². The standard InChI is InChI=1S/C15H18N4O2/c1-3-11(16)9-12-8-10(2)17-15(18-12)13-6-4-5-7-14(13)19(20)21/h4-8,11H,3,9,16H2,1-2H3. The third kappa shape index (κ3) is 3.61. The molecule has 0 aliphatic heterocycles. The van der Waals surface area contributed by atoms with Crippen molar-refractivity contribution >= 4 is 5.69 Å². The van der Waals surface area contributed by atoms with E-state index in [9.17, 15) is 10.1 Å². The Bertz CT molecular complexity index is 658. The van der Waals surface area contributed by atoms with Gasteiger partial charge in [0.05, 0.1) is 10.5 Å². The van der Waals surface area contributed by atoms with Crippen LogP contribution in [0.1, 0.15) is 24.7 Å². The second kappa shape index (κ2) is 6.41. The Hall–Kier alpha value is -2.34. The summed E-state index contributed by atoms with van der Waals surface area (Å²) in [5, 5.41) is 11.1. The van der Waals surface area contributed by atoms with E-state index >= 15 is 0 Å². The van der Waals surface area contributed by atoms with Crippen LogP contribution >= 0.6 is 0 Å². The molecule has 1 heterocycles. The SMILES string of the molecule is CCC(N)Cc1cc(C)nc(-c2ccccc2[N+](=O)[O-])n1.